The maximum atomic E-state index is 5.83. The highest BCUT2D eigenvalue weighted by molar-refractivity contribution is 7.10. The average Bonchev–Trinajstić information content (AvgIpc) is 2.99. The van der Waals surface area contributed by atoms with E-state index >= 15 is 0 Å². The molecule has 0 fully saturated rings. The number of ether oxygens (including phenoxy) is 1. The van der Waals surface area contributed by atoms with Gasteiger partial charge in [-0.3, -0.25) is 0 Å². The first-order chi connectivity index (χ1) is 10.3. The number of nitrogens with zero attached hydrogens (tertiary/aromatic N) is 1. The van der Waals surface area contributed by atoms with Crippen LogP contribution in [0.4, 0.5) is 5.69 Å². The average molecular weight is 296 g/mol. The number of anilines is 1. The molecule has 0 radical (unpaired) electrons. The van der Waals surface area contributed by atoms with Crippen LogP contribution in [0.5, 0.6) is 0 Å². The SMILES string of the molecule is COC(c1ccccc1)c1nc(-c2cccc(N)c2)cs1. The Morgan fingerprint density at radius 3 is 2.62 bits per heavy atom. The predicted molar refractivity (Wildman–Crippen MR) is 87.3 cm³/mol. The fourth-order valence-electron chi connectivity index (χ4n) is 2.25. The molecular formula is C17H16N2OS. The van der Waals surface area contributed by atoms with Crippen molar-refractivity contribution in [2.45, 2.75) is 6.10 Å². The fraction of sp³-hybridized carbons (Fsp3) is 0.118. The van der Waals surface area contributed by atoms with Crippen molar-refractivity contribution in [3.63, 3.8) is 0 Å². The van der Waals surface area contributed by atoms with E-state index in [2.05, 4.69) is 12.1 Å². The van der Waals surface area contributed by atoms with Crippen molar-refractivity contribution >= 4 is 17.0 Å². The molecule has 3 rings (SSSR count). The summed E-state index contributed by atoms with van der Waals surface area (Å²) >= 11 is 1.60. The predicted octanol–water partition coefficient (Wildman–Crippen LogP) is 4.13. The summed E-state index contributed by atoms with van der Waals surface area (Å²) in [5.74, 6) is 0. The summed E-state index contributed by atoms with van der Waals surface area (Å²) in [6.45, 7) is 0. The molecule has 1 aromatic heterocycles. The van der Waals surface area contributed by atoms with Crippen LogP contribution in [-0.2, 0) is 4.74 Å². The van der Waals surface area contributed by atoms with Crippen molar-refractivity contribution < 1.29 is 4.74 Å². The number of nitrogen functional groups attached to an aromatic ring is 1. The molecule has 3 nitrogen and oxygen atoms in total. The van der Waals surface area contributed by atoms with Gasteiger partial charge in [0, 0.05) is 23.7 Å². The number of aromatic nitrogens is 1. The topological polar surface area (TPSA) is 48.1 Å². The van der Waals surface area contributed by atoms with Crippen LogP contribution < -0.4 is 5.73 Å². The third-order valence-electron chi connectivity index (χ3n) is 3.27. The van der Waals surface area contributed by atoms with E-state index in [1.54, 1.807) is 18.4 Å². The molecule has 1 atom stereocenters. The summed E-state index contributed by atoms with van der Waals surface area (Å²) in [6, 6.07) is 17.9. The van der Waals surface area contributed by atoms with Crippen molar-refractivity contribution in [3.05, 3.63) is 70.5 Å². The van der Waals surface area contributed by atoms with E-state index in [1.807, 2.05) is 47.8 Å². The molecule has 2 N–H and O–H groups in total. The molecule has 0 saturated heterocycles. The highest BCUT2D eigenvalue weighted by atomic mass is 32.1. The van der Waals surface area contributed by atoms with Crippen LogP contribution in [0.1, 0.15) is 16.7 Å². The van der Waals surface area contributed by atoms with E-state index < -0.39 is 0 Å². The fourth-order valence-corrected chi connectivity index (χ4v) is 3.17. The molecule has 0 aliphatic heterocycles. The van der Waals surface area contributed by atoms with Crippen LogP contribution in [0.2, 0.25) is 0 Å². The van der Waals surface area contributed by atoms with Crippen molar-refractivity contribution in [2.24, 2.45) is 0 Å². The maximum absolute atomic E-state index is 5.83. The Kier molecular flexibility index (Phi) is 3.99. The van der Waals surface area contributed by atoms with Crippen LogP contribution in [-0.4, -0.2) is 12.1 Å². The lowest BCUT2D eigenvalue weighted by Gasteiger charge is -2.12. The van der Waals surface area contributed by atoms with Gasteiger partial charge >= 0.3 is 0 Å². The minimum Gasteiger partial charge on any atom is -0.399 e. The molecule has 4 heteroatoms. The van der Waals surface area contributed by atoms with Crippen LogP contribution in [0.3, 0.4) is 0 Å². The third kappa shape index (κ3) is 2.96. The van der Waals surface area contributed by atoms with E-state index in [4.69, 9.17) is 15.5 Å². The van der Waals surface area contributed by atoms with Crippen LogP contribution in [0.25, 0.3) is 11.3 Å². The maximum Gasteiger partial charge on any atom is 0.134 e. The zero-order chi connectivity index (χ0) is 14.7. The molecule has 0 amide bonds. The number of nitrogens with two attached hydrogens (primary N) is 1. The summed E-state index contributed by atoms with van der Waals surface area (Å²) < 4.78 is 5.62. The lowest BCUT2D eigenvalue weighted by atomic mass is 10.1. The van der Waals surface area contributed by atoms with Gasteiger partial charge in [0.2, 0.25) is 0 Å². The standard InChI is InChI=1S/C17H16N2OS/c1-20-16(12-6-3-2-4-7-12)17-19-15(11-21-17)13-8-5-9-14(18)10-13/h2-11,16H,18H2,1H3. The molecule has 1 heterocycles. The van der Waals surface area contributed by atoms with Crippen LogP contribution >= 0.6 is 11.3 Å². The van der Waals surface area contributed by atoms with Crippen molar-refractivity contribution in [1.82, 2.24) is 4.98 Å². The minimum absolute atomic E-state index is 0.133. The molecule has 0 spiro atoms. The van der Waals surface area contributed by atoms with Gasteiger partial charge in [0.15, 0.2) is 0 Å². The lowest BCUT2D eigenvalue weighted by molar-refractivity contribution is 0.136. The highest BCUT2D eigenvalue weighted by Crippen LogP contribution is 2.31. The molecule has 0 bridgehead atoms. The van der Waals surface area contributed by atoms with E-state index in [0.717, 1.165) is 27.5 Å². The normalized spacial score (nSPS) is 12.2. The minimum atomic E-state index is -0.133. The molecule has 0 aliphatic rings. The van der Waals surface area contributed by atoms with E-state index in [0.29, 0.717) is 0 Å². The Morgan fingerprint density at radius 1 is 1.10 bits per heavy atom. The third-order valence-corrected chi connectivity index (χ3v) is 4.15. The number of hydrogen-bond acceptors (Lipinski definition) is 4. The van der Waals surface area contributed by atoms with Gasteiger partial charge in [0.05, 0.1) is 5.69 Å². The second kappa shape index (κ2) is 6.08. The van der Waals surface area contributed by atoms with E-state index in [9.17, 15) is 0 Å². The molecule has 106 valence electrons. The number of benzene rings is 2. The molecule has 2 aromatic carbocycles. The van der Waals surface area contributed by atoms with Crippen LogP contribution in [0, 0.1) is 0 Å². The molecule has 21 heavy (non-hydrogen) atoms. The first-order valence-corrected chi connectivity index (χ1v) is 7.55. The van der Waals surface area contributed by atoms with Gasteiger partial charge in [-0.1, -0.05) is 42.5 Å². The first-order valence-electron chi connectivity index (χ1n) is 6.67. The molecule has 1 unspecified atom stereocenters. The summed E-state index contributed by atoms with van der Waals surface area (Å²) in [5, 5.41) is 2.99. The van der Waals surface area contributed by atoms with Crippen molar-refractivity contribution in [1.29, 1.82) is 0 Å². The Morgan fingerprint density at radius 2 is 1.90 bits per heavy atom. The molecule has 3 aromatic rings. The van der Waals surface area contributed by atoms with Gasteiger partial charge in [-0.25, -0.2) is 4.98 Å². The Hall–Kier alpha value is -2.17. The van der Waals surface area contributed by atoms with Crippen molar-refractivity contribution in [2.75, 3.05) is 12.8 Å². The molecular weight excluding hydrogens is 280 g/mol. The summed E-state index contributed by atoms with van der Waals surface area (Å²) in [6.07, 6.45) is -0.133. The zero-order valence-electron chi connectivity index (χ0n) is 11.7. The second-order valence-electron chi connectivity index (χ2n) is 4.72. The van der Waals surface area contributed by atoms with Gasteiger partial charge < -0.3 is 10.5 Å². The molecule has 0 aliphatic carbocycles. The summed E-state index contributed by atoms with van der Waals surface area (Å²) in [7, 11) is 1.71. The largest absolute Gasteiger partial charge is 0.399 e. The van der Waals surface area contributed by atoms with Gasteiger partial charge in [0.1, 0.15) is 11.1 Å². The van der Waals surface area contributed by atoms with Crippen molar-refractivity contribution in [3.8, 4) is 11.3 Å². The monoisotopic (exact) mass is 296 g/mol. The Bertz CT molecular complexity index is 724. The van der Waals surface area contributed by atoms with Gasteiger partial charge in [-0.05, 0) is 17.7 Å². The Balaban J connectivity index is 1.94. The van der Waals surface area contributed by atoms with Crippen LogP contribution in [0.15, 0.2) is 60.0 Å². The number of hydrogen-bond donors (Lipinski definition) is 1. The highest BCUT2D eigenvalue weighted by Gasteiger charge is 2.17. The van der Waals surface area contributed by atoms with Gasteiger partial charge in [0.25, 0.3) is 0 Å². The van der Waals surface area contributed by atoms with E-state index in [-0.39, 0.29) is 6.10 Å². The number of thiazole rings is 1. The zero-order valence-corrected chi connectivity index (χ0v) is 12.5. The number of rotatable bonds is 4. The van der Waals surface area contributed by atoms with E-state index in [1.165, 1.54) is 0 Å². The van der Waals surface area contributed by atoms with Gasteiger partial charge in [-0.2, -0.15) is 0 Å². The quantitative estimate of drug-likeness (QED) is 0.736. The summed E-state index contributed by atoms with van der Waals surface area (Å²) in [4.78, 5) is 4.71. The lowest BCUT2D eigenvalue weighted by Crippen LogP contribution is -2.02. The summed E-state index contributed by atoms with van der Waals surface area (Å²) in [5.41, 5.74) is 9.64. The smallest absolute Gasteiger partial charge is 0.134 e. The molecule has 0 saturated carbocycles. The second-order valence-corrected chi connectivity index (χ2v) is 5.61. The Labute approximate surface area is 128 Å². The van der Waals surface area contributed by atoms with Gasteiger partial charge in [-0.15, -0.1) is 11.3 Å². The number of methoxy groups -OCH3 is 1. The first kappa shape index (κ1) is 13.8.